The summed E-state index contributed by atoms with van der Waals surface area (Å²) in [4.78, 5) is 11.0. The Morgan fingerprint density at radius 2 is 1.52 bits per heavy atom. The lowest BCUT2D eigenvalue weighted by Gasteiger charge is -2.28. The first kappa shape index (κ1) is 20.2. The Kier molecular flexibility index (Phi) is 9.68. The molecule has 21 heavy (non-hydrogen) atoms. The van der Waals surface area contributed by atoms with Gasteiger partial charge in [-0.1, -0.05) is 40.7 Å². The fourth-order valence-corrected chi connectivity index (χ4v) is 2.48. The molecule has 0 saturated carbocycles. The second kappa shape index (κ2) is 10.0. The lowest BCUT2D eigenvalue weighted by atomic mass is 9.78. The van der Waals surface area contributed by atoms with Crippen LogP contribution in [0, 0.1) is 10.8 Å². The first-order valence-corrected chi connectivity index (χ1v) is 8.00. The van der Waals surface area contributed by atoms with Crippen LogP contribution in [0.15, 0.2) is 12.7 Å². The molecule has 0 heterocycles. The van der Waals surface area contributed by atoms with E-state index < -0.39 is 0 Å². The van der Waals surface area contributed by atoms with Crippen LogP contribution in [0.2, 0.25) is 0 Å². The molecule has 0 aromatic rings. The van der Waals surface area contributed by atoms with E-state index in [0.29, 0.717) is 12.0 Å². The van der Waals surface area contributed by atoms with Crippen molar-refractivity contribution in [1.29, 1.82) is 0 Å². The van der Waals surface area contributed by atoms with Crippen molar-refractivity contribution >= 4 is 14.0 Å². The molecular formula is C17H33BO3. The molecule has 0 amide bonds. The van der Waals surface area contributed by atoms with E-state index in [1.807, 2.05) is 0 Å². The van der Waals surface area contributed by atoms with Crippen LogP contribution < -0.4 is 0 Å². The van der Waals surface area contributed by atoms with Crippen LogP contribution in [0.1, 0.15) is 66.2 Å². The van der Waals surface area contributed by atoms with Gasteiger partial charge in [-0.05, 0) is 42.9 Å². The summed E-state index contributed by atoms with van der Waals surface area (Å²) in [6.07, 6.45) is 8.05. The first-order valence-electron chi connectivity index (χ1n) is 8.00. The first-order chi connectivity index (χ1) is 9.72. The van der Waals surface area contributed by atoms with Gasteiger partial charge >= 0.3 is 5.97 Å². The van der Waals surface area contributed by atoms with Crippen molar-refractivity contribution in [3.63, 3.8) is 0 Å². The minimum atomic E-state index is -0.329. The summed E-state index contributed by atoms with van der Waals surface area (Å²) < 4.78 is 10.2. The fourth-order valence-electron chi connectivity index (χ4n) is 2.48. The smallest absolute Gasteiger partial charge is 0.330 e. The van der Waals surface area contributed by atoms with Crippen molar-refractivity contribution in [3.05, 3.63) is 12.7 Å². The molecule has 0 rings (SSSR count). The van der Waals surface area contributed by atoms with Crippen LogP contribution in [0.25, 0.3) is 0 Å². The number of carbonyl (C=O) groups is 1. The molecule has 0 spiro atoms. The van der Waals surface area contributed by atoms with Gasteiger partial charge in [0.2, 0.25) is 0 Å². The molecule has 0 aromatic heterocycles. The second-order valence-corrected chi connectivity index (χ2v) is 7.40. The van der Waals surface area contributed by atoms with Crippen LogP contribution in [-0.2, 0) is 14.2 Å². The molecule has 0 fully saturated rings. The normalized spacial score (nSPS) is 12.2. The highest BCUT2D eigenvalue weighted by atomic mass is 16.5. The third-order valence-corrected chi connectivity index (χ3v) is 4.10. The predicted octanol–water partition coefficient (Wildman–Crippen LogP) is 3.67. The summed E-state index contributed by atoms with van der Waals surface area (Å²) in [5, 5.41) is 0. The van der Waals surface area contributed by atoms with E-state index in [9.17, 15) is 4.79 Å². The predicted molar refractivity (Wildman–Crippen MR) is 90.9 cm³/mol. The van der Waals surface area contributed by atoms with Crippen LogP contribution in [-0.4, -0.2) is 27.2 Å². The van der Waals surface area contributed by atoms with Crippen molar-refractivity contribution in [1.82, 2.24) is 0 Å². The topological polar surface area (TPSA) is 35.5 Å². The Balaban J connectivity index is 3.90. The molecule has 0 aliphatic heterocycles. The zero-order valence-corrected chi connectivity index (χ0v) is 14.7. The second-order valence-electron chi connectivity index (χ2n) is 7.40. The summed E-state index contributed by atoms with van der Waals surface area (Å²) in [6.45, 7) is 13.9. The standard InChI is InChI=1S/C17H33BO3/c1-6-15(19)20-14-12-17(4,5)10-7-9-16(2,3)11-8-13-21-18/h6H,1,7-14,18H2,2-5H3. The fraction of sp³-hybridized carbons (Fsp3) is 0.824. The summed E-state index contributed by atoms with van der Waals surface area (Å²) in [6, 6.07) is 0. The summed E-state index contributed by atoms with van der Waals surface area (Å²) >= 11 is 0. The van der Waals surface area contributed by atoms with Crippen molar-refractivity contribution in [2.45, 2.75) is 66.2 Å². The van der Waals surface area contributed by atoms with Gasteiger partial charge in [-0.25, -0.2) is 4.79 Å². The molecule has 0 atom stereocenters. The Bertz CT molecular complexity index is 311. The molecule has 0 saturated heterocycles. The summed E-state index contributed by atoms with van der Waals surface area (Å²) in [5.41, 5.74) is 0.591. The van der Waals surface area contributed by atoms with Gasteiger partial charge in [0.05, 0.1) is 6.61 Å². The molecule has 4 heteroatoms. The van der Waals surface area contributed by atoms with Crippen molar-refractivity contribution in [2.75, 3.05) is 13.2 Å². The maximum Gasteiger partial charge on any atom is 0.330 e. The largest absolute Gasteiger partial charge is 0.463 e. The lowest BCUT2D eigenvalue weighted by molar-refractivity contribution is -0.138. The van der Waals surface area contributed by atoms with Gasteiger partial charge in [0.1, 0.15) is 0 Å². The number of hydrogen-bond donors (Lipinski definition) is 0. The molecule has 3 nitrogen and oxygen atoms in total. The van der Waals surface area contributed by atoms with Crippen LogP contribution >= 0.6 is 0 Å². The van der Waals surface area contributed by atoms with Crippen molar-refractivity contribution in [2.24, 2.45) is 10.8 Å². The maximum absolute atomic E-state index is 11.0. The molecule has 0 bridgehead atoms. The number of esters is 1. The zero-order valence-electron chi connectivity index (χ0n) is 14.7. The Morgan fingerprint density at radius 1 is 1.00 bits per heavy atom. The average molecular weight is 296 g/mol. The van der Waals surface area contributed by atoms with Crippen LogP contribution in [0.4, 0.5) is 0 Å². The molecule has 0 aliphatic rings. The molecule has 122 valence electrons. The Hall–Kier alpha value is -0.765. The molecule has 0 unspecified atom stereocenters. The van der Waals surface area contributed by atoms with Crippen molar-refractivity contribution in [3.8, 4) is 0 Å². The van der Waals surface area contributed by atoms with Gasteiger partial charge < -0.3 is 9.39 Å². The quantitative estimate of drug-likeness (QED) is 0.238. The third-order valence-electron chi connectivity index (χ3n) is 4.10. The monoisotopic (exact) mass is 296 g/mol. The highest BCUT2D eigenvalue weighted by Gasteiger charge is 2.22. The maximum atomic E-state index is 11.0. The number of carbonyl (C=O) groups excluding carboxylic acids is 1. The molecule has 0 N–H and O–H groups in total. The zero-order chi connectivity index (χ0) is 16.4. The summed E-state index contributed by atoms with van der Waals surface area (Å²) in [7, 11) is 1.76. The highest BCUT2D eigenvalue weighted by Crippen LogP contribution is 2.33. The SMILES string of the molecule is BOCCCC(C)(C)CCCC(C)(C)CCOC(=O)C=C. The lowest BCUT2D eigenvalue weighted by Crippen LogP contribution is -2.18. The van der Waals surface area contributed by atoms with Gasteiger partial charge in [0, 0.05) is 12.7 Å². The Morgan fingerprint density at radius 3 is 2.05 bits per heavy atom. The van der Waals surface area contributed by atoms with E-state index in [1.54, 1.807) is 8.05 Å². The molecule has 0 radical (unpaired) electrons. The van der Waals surface area contributed by atoms with E-state index in [4.69, 9.17) is 9.39 Å². The minimum Gasteiger partial charge on any atom is -0.463 e. The van der Waals surface area contributed by atoms with E-state index in [-0.39, 0.29) is 11.4 Å². The van der Waals surface area contributed by atoms with Gasteiger partial charge in [-0.2, -0.15) is 0 Å². The van der Waals surface area contributed by atoms with Gasteiger partial charge in [-0.15, -0.1) is 0 Å². The van der Waals surface area contributed by atoms with Crippen LogP contribution in [0.3, 0.4) is 0 Å². The number of ether oxygens (including phenoxy) is 1. The van der Waals surface area contributed by atoms with E-state index in [2.05, 4.69) is 34.3 Å². The number of rotatable bonds is 12. The van der Waals surface area contributed by atoms with E-state index >= 15 is 0 Å². The Labute approximate surface area is 131 Å². The third kappa shape index (κ3) is 11.6. The molecular weight excluding hydrogens is 263 g/mol. The average Bonchev–Trinajstić information content (AvgIpc) is 2.37. The molecule has 0 aliphatic carbocycles. The summed E-state index contributed by atoms with van der Waals surface area (Å²) in [5.74, 6) is -0.329. The molecule has 0 aromatic carbocycles. The van der Waals surface area contributed by atoms with Gasteiger partial charge in [0.15, 0.2) is 0 Å². The van der Waals surface area contributed by atoms with Crippen LogP contribution in [0.5, 0.6) is 0 Å². The highest BCUT2D eigenvalue weighted by molar-refractivity contribution is 5.97. The van der Waals surface area contributed by atoms with Gasteiger partial charge in [0.25, 0.3) is 8.05 Å². The van der Waals surface area contributed by atoms with Crippen molar-refractivity contribution < 1.29 is 14.2 Å². The van der Waals surface area contributed by atoms with Gasteiger partial charge in [-0.3, -0.25) is 0 Å². The minimum absolute atomic E-state index is 0.212. The van der Waals surface area contributed by atoms with E-state index in [0.717, 1.165) is 25.9 Å². The van der Waals surface area contributed by atoms with E-state index in [1.165, 1.54) is 25.3 Å². The number of hydrogen-bond acceptors (Lipinski definition) is 3.